The number of aliphatic hydroxyl groups excluding tert-OH is 1. The minimum atomic E-state index is -0.538. The molecule has 0 spiro atoms. The molecule has 5 heteroatoms. The van der Waals surface area contributed by atoms with Gasteiger partial charge in [0, 0.05) is 19.6 Å². The summed E-state index contributed by atoms with van der Waals surface area (Å²) in [5.41, 5.74) is 2.12. The summed E-state index contributed by atoms with van der Waals surface area (Å²) in [6.07, 6.45) is 4.96. The zero-order valence-corrected chi connectivity index (χ0v) is 17.8. The number of benzene rings is 1. The van der Waals surface area contributed by atoms with Crippen LogP contribution < -0.4 is 5.32 Å². The summed E-state index contributed by atoms with van der Waals surface area (Å²) in [5, 5.41) is 13.9. The fourth-order valence-electron chi connectivity index (χ4n) is 4.16. The van der Waals surface area contributed by atoms with E-state index in [0.29, 0.717) is 6.54 Å². The van der Waals surface area contributed by atoms with Gasteiger partial charge in [0.15, 0.2) is 5.96 Å². The van der Waals surface area contributed by atoms with Crippen LogP contribution in [0.2, 0.25) is 0 Å². The van der Waals surface area contributed by atoms with Crippen LogP contribution in [0.15, 0.2) is 29.3 Å². The van der Waals surface area contributed by atoms with Crippen LogP contribution in [0.4, 0.5) is 0 Å². The number of aryl methyl sites for hydroxylation is 1. The van der Waals surface area contributed by atoms with E-state index in [2.05, 4.69) is 30.1 Å². The van der Waals surface area contributed by atoms with Crippen molar-refractivity contribution in [1.29, 1.82) is 0 Å². The summed E-state index contributed by atoms with van der Waals surface area (Å²) in [6.45, 7) is 7.68. The molecule has 0 radical (unpaired) electrons. The van der Waals surface area contributed by atoms with Crippen molar-refractivity contribution in [3.63, 3.8) is 0 Å². The molecule has 3 atom stereocenters. The largest absolute Gasteiger partial charge is 0.386 e. The zero-order chi connectivity index (χ0) is 16.9. The van der Waals surface area contributed by atoms with Crippen LogP contribution in [0.1, 0.15) is 49.8 Å². The summed E-state index contributed by atoms with van der Waals surface area (Å²) in [4.78, 5) is 7.15. The van der Waals surface area contributed by atoms with Crippen LogP contribution in [0.3, 0.4) is 0 Å². The van der Waals surface area contributed by atoms with Crippen LogP contribution in [0.25, 0.3) is 0 Å². The van der Waals surface area contributed by atoms with Gasteiger partial charge in [-0.05, 0) is 44.1 Å². The van der Waals surface area contributed by atoms with E-state index in [1.807, 2.05) is 18.2 Å². The van der Waals surface area contributed by atoms with E-state index in [1.165, 1.54) is 31.2 Å². The molecule has 0 bridgehead atoms. The van der Waals surface area contributed by atoms with Crippen LogP contribution >= 0.6 is 24.0 Å². The number of nitrogens with one attached hydrogen (secondary N) is 1. The van der Waals surface area contributed by atoms with E-state index < -0.39 is 6.10 Å². The molecular weight excluding hydrogens is 425 g/mol. The molecule has 0 amide bonds. The monoisotopic (exact) mass is 457 g/mol. The van der Waals surface area contributed by atoms with Crippen LogP contribution in [0.5, 0.6) is 0 Å². The second kappa shape index (κ2) is 9.76. The molecule has 2 N–H and O–H groups in total. The second-order valence-electron chi connectivity index (χ2n) is 7.33. The Hall–Kier alpha value is -0.820. The minimum Gasteiger partial charge on any atom is -0.386 e. The van der Waals surface area contributed by atoms with Crippen LogP contribution in [-0.4, -0.2) is 42.1 Å². The van der Waals surface area contributed by atoms with Crippen molar-refractivity contribution >= 4 is 29.9 Å². The van der Waals surface area contributed by atoms with E-state index in [9.17, 15) is 5.11 Å². The van der Waals surface area contributed by atoms with Gasteiger partial charge < -0.3 is 15.3 Å². The first-order valence-electron chi connectivity index (χ1n) is 9.45. The highest BCUT2D eigenvalue weighted by molar-refractivity contribution is 14.0. The summed E-state index contributed by atoms with van der Waals surface area (Å²) in [5.74, 6) is 2.65. The van der Waals surface area contributed by atoms with E-state index >= 15 is 0 Å². The molecule has 3 rings (SSSR count). The Morgan fingerprint density at radius 2 is 1.96 bits per heavy atom. The molecule has 1 aliphatic heterocycles. The number of guanidine groups is 1. The maximum atomic E-state index is 10.5. The van der Waals surface area contributed by atoms with Gasteiger partial charge >= 0.3 is 0 Å². The van der Waals surface area contributed by atoms with Gasteiger partial charge in [0.25, 0.3) is 0 Å². The fourth-order valence-corrected chi connectivity index (χ4v) is 4.16. The topological polar surface area (TPSA) is 47.9 Å². The third-order valence-corrected chi connectivity index (χ3v) is 5.45. The maximum Gasteiger partial charge on any atom is 0.194 e. The van der Waals surface area contributed by atoms with Gasteiger partial charge in [0.05, 0.1) is 12.6 Å². The van der Waals surface area contributed by atoms with Crippen molar-refractivity contribution in [2.24, 2.45) is 16.8 Å². The Morgan fingerprint density at radius 3 is 2.56 bits per heavy atom. The highest BCUT2D eigenvalue weighted by Gasteiger charge is 2.35. The van der Waals surface area contributed by atoms with Crippen LogP contribution in [-0.2, 0) is 0 Å². The summed E-state index contributed by atoms with van der Waals surface area (Å²) in [7, 11) is 0. The Bertz CT molecular complexity index is 564. The maximum absolute atomic E-state index is 10.5. The van der Waals surface area contributed by atoms with E-state index in [-0.39, 0.29) is 24.0 Å². The lowest BCUT2D eigenvalue weighted by molar-refractivity contribution is 0.186. The van der Waals surface area contributed by atoms with Crippen molar-refractivity contribution in [3.8, 4) is 0 Å². The van der Waals surface area contributed by atoms with Crippen molar-refractivity contribution < 1.29 is 5.11 Å². The summed E-state index contributed by atoms with van der Waals surface area (Å²) < 4.78 is 0. The third kappa shape index (κ3) is 5.33. The molecule has 1 saturated carbocycles. The predicted molar refractivity (Wildman–Crippen MR) is 115 cm³/mol. The van der Waals surface area contributed by atoms with Gasteiger partial charge in [0.1, 0.15) is 0 Å². The molecule has 1 aliphatic carbocycles. The molecule has 2 aliphatic rings. The zero-order valence-electron chi connectivity index (χ0n) is 15.4. The first-order chi connectivity index (χ1) is 11.7. The molecule has 25 heavy (non-hydrogen) atoms. The molecule has 1 aromatic rings. The first-order valence-corrected chi connectivity index (χ1v) is 9.45. The quantitative estimate of drug-likeness (QED) is 0.412. The normalized spacial score (nSPS) is 24.4. The third-order valence-electron chi connectivity index (χ3n) is 5.45. The Kier molecular flexibility index (Phi) is 8.00. The molecular formula is C20H32IN3O. The smallest absolute Gasteiger partial charge is 0.194 e. The molecule has 140 valence electrons. The molecule has 4 nitrogen and oxygen atoms in total. The van der Waals surface area contributed by atoms with Crippen molar-refractivity contribution in [2.45, 2.75) is 45.6 Å². The number of halogens is 1. The lowest BCUT2D eigenvalue weighted by atomic mass is 9.82. The van der Waals surface area contributed by atoms with Gasteiger partial charge in [-0.15, -0.1) is 24.0 Å². The van der Waals surface area contributed by atoms with E-state index in [0.717, 1.165) is 43.0 Å². The standard InChI is InChI=1S/C20H31N3O.HI/c1-3-21-20(23-13-17-8-4-5-9-18(17)14-23)22-12-19(24)16-10-6-7-15(2)11-16;/h6-7,10-11,17-19,24H,3-5,8-9,12-14H2,1-2H3,(H,21,22);1H. The average molecular weight is 457 g/mol. The lowest BCUT2D eigenvalue weighted by Crippen LogP contribution is -2.40. The van der Waals surface area contributed by atoms with Crippen molar-refractivity contribution in [3.05, 3.63) is 35.4 Å². The Morgan fingerprint density at radius 1 is 1.28 bits per heavy atom. The number of nitrogens with zero attached hydrogens (tertiary/aromatic N) is 2. The predicted octanol–water partition coefficient (Wildman–Crippen LogP) is 3.73. The highest BCUT2D eigenvalue weighted by Crippen LogP contribution is 2.36. The lowest BCUT2D eigenvalue weighted by Gasteiger charge is -2.22. The number of aliphatic imine (C=N–C) groups is 1. The van der Waals surface area contributed by atoms with Gasteiger partial charge in [0.2, 0.25) is 0 Å². The average Bonchev–Trinajstić information content (AvgIpc) is 3.02. The number of rotatable bonds is 4. The van der Waals surface area contributed by atoms with Crippen molar-refractivity contribution in [2.75, 3.05) is 26.2 Å². The number of hydrogen-bond donors (Lipinski definition) is 2. The number of hydrogen-bond acceptors (Lipinski definition) is 2. The molecule has 1 aromatic carbocycles. The van der Waals surface area contributed by atoms with E-state index in [4.69, 9.17) is 4.99 Å². The highest BCUT2D eigenvalue weighted by atomic mass is 127. The van der Waals surface area contributed by atoms with Crippen molar-refractivity contribution in [1.82, 2.24) is 10.2 Å². The van der Waals surface area contributed by atoms with Gasteiger partial charge in [-0.25, -0.2) is 0 Å². The number of aliphatic hydroxyl groups is 1. The SMILES string of the molecule is CCNC(=NCC(O)c1cccc(C)c1)N1CC2CCCCC2C1.I. The van der Waals surface area contributed by atoms with Gasteiger partial charge in [-0.1, -0.05) is 42.7 Å². The Labute approximate surface area is 169 Å². The molecule has 2 fully saturated rings. The van der Waals surface area contributed by atoms with Gasteiger partial charge in [-0.3, -0.25) is 4.99 Å². The molecule has 1 saturated heterocycles. The number of likely N-dealkylation sites (tertiary alicyclic amines) is 1. The molecule has 3 unspecified atom stereocenters. The van der Waals surface area contributed by atoms with Gasteiger partial charge in [-0.2, -0.15) is 0 Å². The summed E-state index contributed by atoms with van der Waals surface area (Å²) >= 11 is 0. The molecule has 1 heterocycles. The summed E-state index contributed by atoms with van der Waals surface area (Å²) in [6, 6.07) is 8.06. The number of fused-ring (bicyclic) bond motifs is 1. The van der Waals surface area contributed by atoms with E-state index in [1.54, 1.807) is 0 Å². The first kappa shape index (κ1) is 20.5. The Balaban J connectivity index is 0.00000225. The second-order valence-corrected chi connectivity index (χ2v) is 7.33. The van der Waals surface area contributed by atoms with Crippen LogP contribution in [0, 0.1) is 18.8 Å². The minimum absolute atomic E-state index is 0. The fraction of sp³-hybridized carbons (Fsp3) is 0.650. The molecule has 0 aromatic heterocycles.